The molecule has 0 bridgehead atoms. The third-order valence-electron chi connectivity index (χ3n) is 5.49. The summed E-state index contributed by atoms with van der Waals surface area (Å²) in [5.74, 6) is 1.74. The van der Waals surface area contributed by atoms with E-state index < -0.39 is 0 Å². The van der Waals surface area contributed by atoms with E-state index in [9.17, 15) is 4.79 Å². The summed E-state index contributed by atoms with van der Waals surface area (Å²) in [7, 11) is 0. The molecule has 152 valence electrons. The standard InChI is InChI=1S/C23H22N4OS2/c1-29-17-12-10-16(11-13-17)21-20-18(8-5-9-19(20)28)24-22-25-23(26-27(21)22)30-14-15-6-3-2-4-7-15/h2-4,6-7,10-13,21H,5,8-9,14H2,1H3,(H,24,25,26). The summed E-state index contributed by atoms with van der Waals surface area (Å²) in [6.07, 6.45) is 4.42. The number of nitrogens with one attached hydrogen (secondary N) is 1. The summed E-state index contributed by atoms with van der Waals surface area (Å²) >= 11 is 3.33. The quantitative estimate of drug-likeness (QED) is 0.549. The van der Waals surface area contributed by atoms with Crippen LogP contribution in [0, 0.1) is 0 Å². The molecule has 1 N–H and O–H groups in total. The SMILES string of the molecule is CSc1ccc(C2C3=C(CCCC3=O)Nc3nc(SCc4ccccc4)nn32)cc1. The third kappa shape index (κ3) is 3.68. The van der Waals surface area contributed by atoms with Gasteiger partial charge in [0.1, 0.15) is 6.04 Å². The van der Waals surface area contributed by atoms with Crippen LogP contribution in [0.15, 0.2) is 75.9 Å². The van der Waals surface area contributed by atoms with Crippen LogP contribution in [0.25, 0.3) is 0 Å². The molecule has 5 nitrogen and oxygen atoms in total. The van der Waals surface area contributed by atoms with E-state index in [1.54, 1.807) is 23.5 Å². The summed E-state index contributed by atoms with van der Waals surface area (Å²) in [6.45, 7) is 0. The number of anilines is 1. The summed E-state index contributed by atoms with van der Waals surface area (Å²) in [5.41, 5.74) is 4.16. The van der Waals surface area contributed by atoms with Gasteiger partial charge in [-0.2, -0.15) is 4.98 Å². The van der Waals surface area contributed by atoms with Crippen molar-refractivity contribution in [3.8, 4) is 0 Å². The summed E-state index contributed by atoms with van der Waals surface area (Å²) in [5, 5.41) is 8.93. The second-order valence-corrected chi connectivity index (χ2v) is 9.23. The van der Waals surface area contributed by atoms with Crippen molar-refractivity contribution in [3.05, 3.63) is 77.0 Å². The Labute approximate surface area is 184 Å². The van der Waals surface area contributed by atoms with Crippen LogP contribution in [0.5, 0.6) is 0 Å². The minimum Gasteiger partial charge on any atom is -0.328 e. The van der Waals surface area contributed by atoms with Gasteiger partial charge in [-0.15, -0.1) is 16.9 Å². The second-order valence-electron chi connectivity index (χ2n) is 7.41. The molecular weight excluding hydrogens is 412 g/mol. The molecule has 0 fully saturated rings. The van der Waals surface area contributed by atoms with Crippen LogP contribution in [0.3, 0.4) is 0 Å². The monoisotopic (exact) mass is 434 g/mol. The van der Waals surface area contributed by atoms with Gasteiger partial charge in [-0.3, -0.25) is 4.79 Å². The molecule has 7 heteroatoms. The van der Waals surface area contributed by atoms with Crippen molar-refractivity contribution in [2.45, 2.75) is 41.1 Å². The number of allylic oxidation sites excluding steroid dienone is 2. The molecule has 2 heterocycles. The molecule has 1 aliphatic carbocycles. The molecular formula is C23H22N4OS2. The Balaban J connectivity index is 1.51. The lowest BCUT2D eigenvalue weighted by molar-refractivity contribution is -0.116. The molecule has 2 aromatic carbocycles. The number of aromatic nitrogens is 3. The van der Waals surface area contributed by atoms with E-state index >= 15 is 0 Å². The first-order valence-corrected chi connectivity index (χ1v) is 12.2. The zero-order valence-electron chi connectivity index (χ0n) is 16.7. The topological polar surface area (TPSA) is 59.8 Å². The van der Waals surface area contributed by atoms with Crippen LogP contribution in [0.1, 0.15) is 36.4 Å². The van der Waals surface area contributed by atoms with Crippen LogP contribution in [-0.4, -0.2) is 26.8 Å². The van der Waals surface area contributed by atoms with E-state index in [1.807, 2.05) is 22.9 Å². The lowest BCUT2D eigenvalue weighted by atomic mass is 9.85. The fraction of sp³-hybridized carbons (Fsp3) is 0.261. The Morgan fingerprint density at radius 2 is 1.90 bits per heavy atom. The highest BCUT2D eigenvalue weighted by Gasteiger charge is 2.36. The number of carbonyl (C=O) groups excluding carboxylic acids is 1. The van der Waals surface area contributed by atoms with Gasteiger partial charge >= 0.3 is 0 Å². The largest absolute Gasteiger partial charge is 0.328 e. The maximum atomic E-state index is 12.9. The number of Topliss-reactive ketones (excluding diaryl/α,β-unsaturated/α-hetero) is 1. The Bertz CT molecular complexity index is 1110. The Kier molecular flexibility index (Phi) is 5.39. The van der Waals surface area contributed by atoms with Crippen molar-refractivity contribution in [1.82, 2.24) is 14.8 Å². The lowest BCUT2D eigenvalue weighted by Gasteiger charge is -2.32. The normalized spacial score (nSPS) is 18.0. The van der Waals surface area contributed by atoms with Gasteiger partial charge in [0.2, 0.25) is 11.1 Å². The molecule has 0 spiro atoms. The average molecular weight is 435 g/mol. The second kappa shape index (κ2) is 8.32. The number of ketones is 1. The highest BCUT2D eigenvalue weighted by atomic mass is 32.2. The highest BCUT2D eigenvalue weighted by molar-refractivity contribution is 7.98. The molecule has 1 aliphatic heterocycles. The minimum absolute atomic E-state index is 0.210. The van der Waals surface area contributed by atoms with Crippen LogP contribution in [0.4, 0.5) is 5.95 Å². The first kappa shape index (κ1) is 19.5. The molecule has 2 aliphatic rings. The lowest BCUT2D eigenvalue weighted by Crippen LogP contribution is -2.31. The van der Waals surface area contributed by atoms with Gasteiger partial charge in [0.25, 0.3) is 0 Å². The molecule has 1 atom stereocenters. The van der Waals surface area contributed by atoms with Gasteiger partial charge in [-0.1, -0.05) is 54.2 Å². The van der Waals surface area contributed by atoms with Crippen molar-refractivity contribution >= 4 is 35.3 Å². The van der Waals surface area contributed by atoms with Crippen molar-refractivity contribution in [1.29, 1.82) is 0 Å². The Morgan fingerprint density at radius 3 is 2.67 bits per heavy atom. The predicted molar refractivity (Wildman–Crippen MR) is 122 cm³/mol. The maximum Gasteiger partial charge on any atom is 0.227 e. The molecule has 0 radical (unpaired) electrons. The first-order chi connectivity index (χ1) is 14.7. The summed E-state index contributed by atoms with van der Waals surface area (Å²) < 4.78 is 1.89. The van der Waals surface area contributed by atoms with Gasteiger partial charge in [0.15, 0.2) is 5.78 Å². The number of thioether (sulfide) groups is 2. The van der Waals surface area contributed by atoms with Crippen molar-refractivity contribution < 1.29 is 4.79 Å². The molecule has 1 aromatic heterocycles. The van der Waals surface area contributed by atoms with Crippen molar-refractivity contribution in [3.63, 3.8) is 0 Å². The zero-order chi connectivity index (χ0) is 20.5. The van der Waals surface area contributed by atoms with Gasteiger partial charge in [0, 0.05) is 28.3 Å². The van der Waals surface area contributed by atoms with Gasteiger partial charge in [0.05, 0.1) is 0 Å². The van der Waals surface area contributed by atoms with E-state index in [0.717, 1.165) is 46.5 Å². The number of benzene rings is 2. The van der Waals surface area contributed by atoms with E-state index in [2.05, 4.69) is 48.0 Å². The predicted octanol–water partition coefficient (Wildman–Crippen LogP) is 5.31. The number of rotatable bonds is 5. The number of hydrogen-bond acceptors (Lipinski definition) is 6. The van der Waals surface area contributed by atoms with Crippen molar-refractivity contribution in [2.75, 3.05) is 11.6 Å². The molecule has 0 amide bonds. The van der Waals surface area contributed by atoms with E-state index in [-0.39, 0.29) is 11.8 Å². The van der Waals surface area contributed by atoms with Crippen LogP contribution >= 0.6 is 23.5 Å². The average Bonchev–Trinajstić information content (AvgIpc) is 3.20. The number of fused-ring (bicyclic) bond motifs is 1. The number of carbonyl (C=O) groups is 1. The van der Waals surface area contributed by atoms with Crippen molar-refractivity contribution in [2.24, 2.45) is 0 Å². The summed E-state index contributed by atoms with van der Waals surface area (Å²) in [6, 6.07) is 18.5. The molecule has 30 heavy (non-hydrogen) atoms. The van der Waals surface area contributed by atoms with Crippen LogP contribution in [0.2, 0.25) is 0 Å². The van der Waals surface area contributed by atoms with Gasteiger partial charge < -0.3 is 5.32 Å². The molecule has 0 saturated heterocycles. The van der Waals surface area contributed by atoms with Crippen LogP contribution in [-0.2, 0) is 10.5 Å². The van der Waals surface area contributed by atoms with Crippen LogP contribution < -0.4 is 5.32 Å². The third-order valence-corrected chi connectivity index (χ3v) is 7.14. The minimum atomic E-state index is -0.224. The zero-order valence-corrected chi connectivity index (χ0v) is 18.3. The molecule has 0 saturated carbocycles. The number of nitrogens with zero attached hydrogens (tertiary/aromatic N) is 3. The Morgan fingerprint density at radius 1 is 1.10 bits per heavy atom. The van der Waals surface area contributed by atoms with E-state index in [4.69, 9.17) is 10.1 Å². The highest BCUT2D eigenvalue weighted by Crippen LogP contribution is 2.41. The smallest absolute Gasteiger partial charge is 0.227 e. The van der Waals surface area contributed by atoms with E-state index in [1.165, 1.54) is 10.5 Å². The fourth-order valence-electron chi connectivity index (χ4n) is 4.01. The fourth-order valence-corrected chi connectivity index (χ4v) is 5.21. The molecule has 5 rings (SSSR count). The first-order valence-electron chi connectivity index (χ1n) is 10.0. The number of hydrogen-bond donors (Lipinski definition) is 1. The molecule has 1 unspecified atom stereocenters. The molecule has 3 aromatic rings. The van der Waals surface area contributed by atoms with E-state index in [0.29, 0.717) is 6.42 Å². The van der Waals surface area contributed by atoms with Gasteiger partial charge in [-0.25, -0.2) is 4.68 Å². The Hall–Kier alpha value is -2.51. The summed E-state index contributed by atoms with van der Waals surface area (Å²) in [4.78, 5) is 18.8. The maximum absolute atomic E-state index is 12.9. The van der Waals surface area contributed by atoms with Gasteiger partial charge in [-0.05, 0) is 42.4 Å².